The first-order chi connectivity index (χ1) is 8.92. The molecule has 2 atom stereocenters. The summed E-state index contributed by atoms with van der Waals surface area (Å²) >= 11 is 0. The number of aliphatic hydroxyl groups is 2. The molecule has 3 N–H and O–H groups in total. The van der Waals surface area contributed by atoms with E-state index in [9.17, 15) is 14.3 Å². The minimum Gasteiger partial charge on any atom is -0.394 e. The fourth-order valence-electron chi connectivity index (χ4n) is 1.53. The van der Waals surface area contributed by atoms with Gasteiger partial charge in [0.25, 0.3) is 5.91 Å². The maximum Gasteiger partial charge on any atom is 0.260 e. The number of hydrogen-bond donors (Lipinski definition) is 3. The summed E-state index contributed by atoms with van der Waals surface area (Å²) in [4.78, 5) is 11.5. The SMILES string of the molecule is CC(C)CC(F)C(=O)Nc1ccn(C[C@@H](O)CO)n1. The van der Waals surface area contributed by atoms with Gasteiger partial charge in [-0.1, -0.05) is 13.8 Å². The van der Waals surface area contributed by atoms with E-state index in [2.05, 4.69) is 10.4 Å². The Kier molecular flexibility index (Phi) is 5.91. The fourth-order valence-corrected chi connectivity index (χ4v) is 1.53. The third kappa shape index (κ3) is 5.35. The van der Waals surface area contributed by atoms with E-state index in [1.807, 2.05) is 13.8 Å². The maximum atomic E-state index is 13.5. The van der Waals surface area contributed by atoms with Gasteiger partial charge in [0.05, 0.1) is 19.3 Å². The van der Waals surface area contributed by atoms with Crippen molar-refractivity contribution in [1.29, 1.82) is 0 Å². The lowest BCUT2D eigenvalue weighted by molar-refractivity contribution is -0.121. The number of carbonyl (C=O) groups excluding carboxylic acids is 1. The van der Waals surface area contributed by atoms with Crippen molar-refractivity contribution in [1.82, 2.24) is 9.78 Å². The molecule has 0 aliphatic rings. The molecule has 1 rings (SSSR count). The van der Waals surface area contributed by atoms with Gasteiger partial charge in [-0.05, 0) is 12.3 Å². The van der Waals surface area contributed by atoms with Gasteiger partial charge in [-0.3, -0.25) is 9.48 Å². The summed E-state index contributed by atoms with van der Waals surface area (Å²) in [6, 6.07) is 1.50. The van der Waals surface area contributed by atoms with Gasteiger partial charge in [-0.2, -0.15) is 5.10 Å². The van der Waals surface area contributed by atoms with Crippen LogP contribution in [0.4, 0.5) is 10.2 Å². The van der Waals surface area contributed by atoms with E-state index < -0.39 is 18.2 Å². The van der Waals surface area contributed by atoms with Gasteiger partial charge in [-0.25, -0.2) is 4.39 Å². The topological polar surface area (TPSA) is 87.4 Å². The van der Waals surface area contributed by atoms with E-state index in [1.54, 1.807) is 0 Å². The standard InChI is InChI=1S/C12H20FN3O3/c1-8(2)5-10(13)12(19)14-11-3-4-16(15-11)6-9(18)7-17/h3-4,8-10,17-18H,5-7H2,1-2H3,(H,14,15,19)/t9-,10?/m1/s1. The van der Waals surface area contributed by atoms with Crippen LogP contribution < -0.4 is 5.32 Å². The van der Waals surface area contributed by atoms with E-state index in [1.165, 1.54) is 16.9 Å². The van der Waals surface area contributed by atoms with Crippen LogP contribution in [0.3, 0.4) is 0 Å². The summed E-state index contributed by atoms with van der Waals surface area (Å²) in [7, 11) is 0. The number of rotatable bonds is 7. The molecule has 108 valence electrons. The van der Waals surface area contributed by atoms with Crippen LogP contribution in [0.5, 0.6) is 0 Å². The second kappa shape index (κ2) is 7.20. The molecule has 0 aliphatic carbocycles. The van der Waals surface area contributed by atoms with Gasteiger partial charge < -0.3 is 15.5 Å². The Balaban J connectivity index is 2.51. The Bertz CT molecular complexity index is 409. The van der Waals surface area contributed by atoms with Crippen molar-refractivity contribution >= 4 is 11.7 Å². The molecule has 1 aromatic rings. The number of anilines is 1. The number of carbonyl (C=O) groups is 1. The van der Waals surface area contributed by atoms with Gasteiger partial charge in [0.2, 0.25) is 0 Å². The monoisotopic (exact) mass is 273 g/mol. The van der Waals surface area contributed by atoms with E-state index in [4.69, 9.17) is 5.11 Å². The highest BCUT2D eigenvalue weighted by Gasteiger charge is 2.19. The third-order valence-corrected chi connectivity index (χ3v) is 2.46. The molecule has 0 fully saturated rings. The van der Waals surface area contributed by atoms with Crippen molar-refractivity contribution < 1.29 is 19.4 Å². The molecular weight excluding hydrogens is 253 g/mol. The van der Waals surface area contributed by atoms with E-state index >= 15 is 0 Å². The van der Waals surface area contributed by atoms with Crippen molar-refractivity contribution in [3.05, 3.63) is 12.3 Å². The summed E-state index contributed by atoms with van der Waals surface area (Å²) < 4.78 is 14.9. The van der Waals surface area contributed by atoms with Crippen LogP contribution in [0, 0.1) is 5.92 Å². The number of aliphatic hydroxyl groups excluding tert-OH is 2. The summed E-state index contributed by atoms with van der Waals surface area (Å²) in [5.74, 6) is -0.402. The molecule has 19 heavy (non-hydrogen) atoms. The van der Waals surface area contributed by atoms with Crippen molar-refractivity contribution in [3.8, 4) is 0 Å². The Hall–Kier alpha value is -1.47. The minimum atomic E-state index is -1.56. The van der Waals surface area contributed by atoms with Crippen molar-refractivity contribution in [2.75, 3.05) is 11.9 Å². The predicted molar refractivity (Wildman–Crippen MR) is 68.3 cm³/mol. The molecule has 0 aliphatic heterocycles. The summed E-state index contributed by atoms with van der Waals surface area (Å²) in [6.45, 7) is 3.41. The highest BCUT2D eigenvalue weighted by Crippen LogP contribution is 2.11. The molecule has 6 nitrogen and oxygen atoms in total. The number of amides is 1. The quantitative estimate of drug-likeness (QED) is 0.677. The lowest BCUT2D eigenvalue weighted by Gasteiger charge is -2.10. The second-order valence-corrected chi connectivity index (χ2v) is 4.85. The Labute approximate surface area is 111 Å². The maximum absolute atomic E-state index is 13.5. The lowest BCUT2D eigenvalue weighted by Crippen LogP contribution is -2.26. The molecule has 1 heterocycles. The molecule has 1 aromatic heterocycles. The van der Waals surface area contributed by atoms with Gasteiger partial charge in [0.1, 0.15) is 0 Å². The van der Waals surface area contributed by atoms with Crippen molar-refractivity contribution in [2.24, 2.45) is 5.92 Å². The summed E-state index contributed by atoms with van der Waals surface area (Å²) in [5.41, 5.74) is 0. The van der Waals surface area contributed by atoms with Gasteiger partial charge >= 0.3 is 0 Å². The Morgan fingerprint density at radius 2 is 2.26 bits per heavy atom. The normalized spacial score (nSPS) is 14.4. The highest BCUT2D eigenvalue weighted by molar-refractivity contribution is 5.93. The molecule has 0 saturated carbocycles. The fraction of sp³-hybridized carbons (Fsp3) is 0.667. The minimum absolute atomic E-state index is 0.0954. The molecule has 1 amide bonds. The number of nitrogens with one attached hydrogen (secondary N) is 1. The first kappa shape index (κ1) is 15.6. The van der Waals surface area contributed by atoms with Crippen LogP contribution in [0.2, 0.25) is 0 Å². The predicted octanol–water partition coefficient (Wildman–Crippen LogP) is 0.559. The lowest BCUT2D eigenvalue weighted by atomic mass is 10.1. The van der Waals surface area contributed by atoms with Crippen LogP contribution in [-0.2, 0) is 11.3 Å². The zero-order valence-electron chi connectivity index (χ0n) is 11.1. The third-order valence-electron chi connectivity index (χ3n) is 2.46. The van der Waals surface area contributed by atoms with E-state index in [0.29, 0.717) is 0 Å². The molecular formula is C12H20FN3O3. The molecule has 1 unspecified atom stereocenters. The van der Waals surface area contributed by atoms with Gasteiger partial charge in [-0.15, -0.1) is 0 Å². The van der Waals surface area contributed by atoms with E-state index in [0.717, 1.165) is 0 Å². The van der Waals surface area contributed by atoms with Crippen molar-refractivity contribution in [3.63, 3.8) is 0 Å². The zero-order valence-corrected chi connectivity index (χ0v) is 11.1. The van der Waals surface area contributed by atoms with Crippen LogP contribution >= 0.6 is 0 Å². The largest absolute Gasteiger partial charge is 0.394 e. The first-order valence-corrected chi connectivity index (χ1v) is 6.19. The van der Waals surface area contributed by atoms with Crippen LogP contribution in [0.1, 0.15) is 20.3 Å². The van der Waals surface area contributed by atoms with Crippen molar-refractivity contribution in [2.45, 2.75) is 39.1 Å². The van der Waals surface area contributed by atoms with Crippen LogP contribution in [-0.4, -0.2) is 44.8 Å². The van der Waals surface area contributed by atoms with Gasteiger partial charge in [0, 0.05) is 12.3 Å². The molecule has 0 spiro atoms. The van der Waals surface area contributed by atoms with Crippen LogP contribution in [0.15, 0.2) is 12.3 Å². The Morgan fingerprint density at radius 1 is 1.58 bits per heavy atom. The smallest absolute Gasteiger partial charge is 0.260 e. The second-order valence-electron chi connectivity index (χ2n) is 4.85. The molecule has 0 aromatic carbocycles. The average molecular weight is 273 g/mol. The van der Waals surface area contributed by atoms with E-state index in [-0.39, 0.29) is 31.3 Å². The highest BCUT2D eigenvalue weighted by atomic mass is 19.1. The number of halogens is 1. The molecule has 0 radical (unpaired) electrons. The van der Waals surface area contributed by atoms with Crippen LogP contribution in [0.25, 0.3) is 0 Å². The zero-order chi connectivity index (χ0) is 14.4. The summed E-state index contributed by atoms with van der Waals surface area (Å²) in [6.07, 6.45) is -0.786. The number of nitrogens with zero attached hydrogens (tertiary/aromatic N) is 2. The average Bonchev–Trinajstić information content (AvgIpc) is 2.75. The number of aromatic nitrogens is 2. The molecule has 0 saturated heterocycles. The summed E-state index contributed by atoms with van der Waals surface area (Å²) in [5, 5.41) is 24.2. The number of hydrogen-bond acceptors (Lipinski definition) is 4. The first-order valence-electron chi connectivity index (χ1n) is 6.19. The Morgan fingerprint density at radius 3 is 2.84 bits per heavy atom. The number of alkyl halides is 1. The van der Waals surface area contributed by atoms with Gasteiger partial charge in [0.15, 0.2) is 12.0 Å². The molecule has 0 bridgehead atoms. The molecule has 7 heteroatoms.